The van der Waals surface area contributed by atoms with Crippen molar-refractivity contribution in [2.24, 2.45) is 5.10 Å². The number of carbonyl (C=O) groups is 1. The largest absolute Gasteiger partial charge is 0.497 e. The smallest absolute Gasteiger partial charge is 0.310 e. The fourth-order valence-electron chi connectivity index (χ4n) is 3.97. The SMILES string of the molecule is COc1ccc(OC)c(C2=NN(C(=O)c3ccco3)[C@H](c3cc(OC)c(OC)c(OC)c3)C2)c1. The molecule has 0 aliphatic carbocycles. The summed E-state index contributed by atoms with van der Waals surface area (Å²) in [7, 11) is 7.81. The molecule has 0 radical (unpaired) electrons. The van der Waals surface area contributed by atoms with Crippen LogP contribution in [0.5, 0.6) is 28.7 Å². The second kappa shape index (κ2) is 9.78. The maximum atomic E-state index is 13.4. The molecule has 0 bridgehead atoms. The van der Waals surface area contributed by atoms with Crippen molar-refractivity contribution >= 4 is 11.6 Å². The van der Waals surface area contributed by atoms with Crippen LogP contribution >= 0.6 is 0 Å². The lowest BCUT2D eigenvalue weighted by molar-refractivity contribution is 0.0678. The molecule has 9 nitrogen and oxygen atoms in total. The molecule has 1 atom stereocenters. The first kappa shape index (κ1) is 23.0. The van der Waals surface area contributed by atoms with E-state index in [1.807, 2.05) is 24.3 Å². The third kappa shape index (κ3) is 4.12. The Morgan fingerprint density at radius 1 is 0.912 bits per heavy atom. The van der Waals surface area contributed by atoms with Crippen molar-refractivity contribution in [3.05, 3.63) is 65.6 Å². The highest BCUT2D eigenvalue weighted by Crippen LogP contribution is 2.44. The van der Waals surface area contributed by atoms with Gasteiger partial charge in [0.15, 0.2) is 17.3 Å². The molecule has 34 heavy (non-hydrogen) atoms. The van der Waals surface area contributed by atoms with Crippen molar-refractivity contribution in [2.75, 3.05) is 35.5 Å². The lowest BCUT2D eigenvalue weighted by Crippen LogP contribution is -2.26. The summed E-state index contributed by atoms with van der Waals surface area (Å²) in [6.45, 7) is 0. The Morgan fingerprint density at radius 3 is 2.18 bits per heavy atom. The highest BCUT2D eigenvalue weighted by atomic mass is 16.5. The van der Waals surface area contributed by atoms with E-state index in [-0.39, 0.29) is 11.7 Å². The fourth-order valence-corrected chi connectivity index (χ4v) is 3.97. The summed E-state index contributed by atoms with van der Waals surface area (Å²) >= 11 is 0. The second-order valence-electron chi connectivity index (χ2n) is 7.42. The Balaban J connectivity index is 1.83. The third-order valence-electron chi connectivity index (χ3n) is 5.64. The number of hydrazone groups is 1. The molecule has 1 aliphatic heterocycles. The molecule has 4 rings (SSSR count). The van der Waals surface area contributed by atoms with Gasteiger partial charge in [0.1, 0.15) is 11.5 Å². The van der Waals surface area contributed by atoms with E-state index >= 15 is 0 Å². The van der Waals surface area contributed by atoms with Crippen molar-refractivity contribution in [3.8, 4) is 28.7 Å². The van der Waals surface area contributed by atoms with Crippen molar-refractivity contribution in [2.45, 2.75) is 12.5 Å². The van der Waals surface area contributed by atoms with E-state index in [1.54, 1.807) is 53.7 Å². The number of furan rings is 1. The van der Waals surface area contributed by atoms with E-state index in [0.29, 0.717) is 40.9 Å². The molecule has 0 N–H and O–H groups in total. The summed E-state index contributed by atoms with van der Waals surface area (Å²) < 4.78 is 32.8. The Labute approximate surface area is 197 Å². The number of hydrogen-bond donors (Lipinski definition) is 0. The first-order chi connectivity index (χ1) is 16.5. The molecule has 0 saturated carbocycles. The summed E-state index contributed by atoms with van der Waals surface area (Å²) in [4.78, 5) is 13.4. The molecule has 1 aromatic heterocycles. The van der Waals surface area contributed by atoms with Crippen LogP contribution in [0.4, 0.5) is 0 Å². The standard InChI is InChI=1S/C25H26N2O7/c1-29-16-8-9-20(30-2)17(13-16)18-14-19(27(26-18)25(28)21-7-6-10-34-21)15-11-22(31-3)24(33-5)23(12-15)32-4/h6-13,19H,14H2,1-5H3/t19-/m0/s1. The monoisotopic (exact) mass is 466 g/mol. The van der Waals surface area contributed by atoms with E-state index in [9.17, 15) is 4.79 Å². The second-order valence-corrected chi connectivity index (χ2v) is 7.42. The Hall–Kier alpha value is -4.14. The molecule has 2 heterocycles. The van der Waals surface area contributed by atoms with Gasteiger partial charge < -0.3 is 28.1 Å². The molecular formula is C25H26N2O7. The van der Waals surface area contributed by atoms with Crippen LogP contribution < -0.4 is 23.7 Å². The maximum absolute atomic E-state index is 13.4. The Kier molecular flexibility index (Phi) is 6.62. The average Bonchev–Trinajstić information content (AvgIpc) is 3.57. The van der Waals surface area contributed by atoms with E-state index in [1.165, 1.54) is 11.3 Å². The van der Waals surface area contributed by atoms with Crippen molar-refractivity contribution in [1.29, 1.82) is 0 Å². The first-order valence-electron chi connectivity index (χ1n) is 10.5. The van der Waals surface area contributed by atoms with Crippen LogP contribution in [0.3, 0.4) is 0 Å². The van der Waals surface area contributed by atoms with Crippen LogP contribution in [0.25, 0.3) is 0 Å². The summed E-state index contributed by atoms with van der Waals surface area (Å²) in [6.07, 6.45) is 1.86. The van der Waals surface area contributed by atoms with Gasteiger partial charge in [-0.15, -0.1) is 0 Å². The quantitative estimate of drug-likeness (QED) is 0.488. The summed E-state index contributed by atoms with van der Waals surface area (Å²) in [5, 5.41) is 6.11. The predicted octanol–water partition coefficient (Wildman–Crippen LogP) is 4.31. The zero-order valence-electron chi connectivity index (χ0n) is 19.7. The van der Waals surface area contributed by atoms with E-state index in [2.05, 4.69) is 0 Å². The number of hydrogen-bond acceptors (Lipinski definition) is 8. The minimum atomic E-state index is -0.461. The topological polar surface area (TPSA) is 92.0 Å². The number of amides is 1. The zero-order chi connectivity index (χ0) is 24.2. The molecule has 3 aromatic rings. The van der Waals surface area contributed by atoms with Crippen LogP contribution in [-0.2, 0) is 0 Å². The average molecular weight is 466 g/mol. The van der Waals surface area contributed by atoms with Gasteiger partial charge in [-0.05, 0) is 48.0 Å². The number of carbonyl (C=O) groups excluding carboxylic acids is 1. The van der Waals surface area contributed by atoms with Gasteiger partial charge in [0.25, 0.3) is 0 Å². The van der Waals surface area contributed by atoms with Crippen molar-refractivity contribution in [3.63, 3.8) is 0 Å². The van der Waals surface area contributed by atoms with Gasteiger partial charge in [0.05, 0.1) is 53.6 Å². The normalized spacial score (nSPS) is 15.0. The van der Waals surface area contributed by atoms with Crippen molar-refractivity contribution in [1.82, 2.24) is 5.01 Å². The number of benzene rings is 2. The number of nitrogens with zero attached hydrogens (tertiary/aromatic N) is 2. The molecule has 178 valence electrons. The lowest BCUT2D eigenvalue weighted by Gasteiger charge is -2.23. The molecule has 0 unspecified atom stereocenters. The molecule has 0 spiro atoms. The van der Waals surface area contributed by atoms with Gasteiger partial charge in [-0.2, -0.15) is 5.10 Å². The van der Waals surface area contributed by atoms with Crippen LogP contribution in [0, 0.1) is 0 Å². The van der Waals surface area contributed by atoms with E-state index < -0.39 is 6.04 Å². The molecule has 9 heteroatoms. The summed E-state index contributed by atoms with van der Waals surface area (Å²) in [5.74, 6) is 2.50. The highest BCUT2D eigenvalue weighted by molar-refractivity contribution is 6.06. The molecule has 1 amide bonds. The van der Waals surface area contributed by atoms with Crippen LogP contribution in [-0.4, -0.2) is 52.2 Å². The van der Waals surface area contributed by atoms with Crippen LogP contribution in [0.15, 0.2) is 58.2 Å². The Bertz CT molecular complexity index is 1180. The van der Waals surface area contributed by atoms with E-state index in [4.69, 9.17) is 33.2 Å². The number of methoxy groups -OCH3 is 5. The van der Waals surface area contributed by atoms with Gasteiger partial charge in [-0.25, -0.2) is 5.01 Å². The van der Waals surface area contributed by atoms with Gasteiger partial charge in [-0.1, -0.05) is 0 Å². The van der Waals surface area contributed by atoms with Gasteiger partial charge >= 0.3 is 5.91 Å². The zero-order valence-corrected chi connectivity index (χ0v) is 19.7. The first-order valence-corrected chi connectivity index (χ1v) is 10.5. The van der Waals surface area contributed by atoms with Crippen LogP contribution in [0.2, 0.25) is 0 Å². The number of rotatable bonds is 8. The summed E-state index contributed by atoms with van der Waals surface area (Å²) in [5.41, 5.74) is 2.15. The highest BCUT2D eigenvalue weighted by Gasteiger charge is 2.36. The van der Waals surface area contributed by atoms with Gasteiger partial charge in [0.2, 0.25) is 5.75 Å². The summed E-state index contributed by atoms with van der Waals surface area (Å²) in [6, 6.07) is 11.9. The molecule has 2 aromatic carbocycles. The van der Waals surface area contributed by atoms with Crippen molar-refractivity contribution < 1.29 is 32.9 Å². The molecule has 0 fully saturated rings. The molecule has 1 aliphatic rings. The van der Waals surface area contributed by atoms with Gasteiger partial charge in [0, 0.05) is 12.0 Å². The third-order valence-corrected chi connectivity index (χ3v) is 5.64. The van der Waals surface area contributed by atoms with E-state index in [0.717, 1.165) is 11.1 Å². The predicted molar refractivity (Wildman–Crippen MR) is 124 cm³/mol. The van der Waals surface area contributed by atoms with Gasteiger partial charge in [-0.3, -0.25) is 4.79 Å². The minimum Gasteiger partial charge on any atom is -0.497 e. The Morgan fingerprint density at radius 2 is 1.62 bits per heavy atom. The molecular weight excluding hydrogens is 440 g/mol. The maximum Gasteiger partial charge on any atom is 0.310 e. The number of ether oxygens (including phenoxy) is 5. The van der Waals surface area contributed by atoms with Crippen LogP contribution in [0.1, 0.15) is 34.1 Å². The minimum absolute atomic E-state index is 0.181. The fraction of sp³-hybridized carbons (Fsp3) is 0.280. The lowest BCUT2D eigenvalue weighted by atomic mass is 9.97. The molecule has 0 saturated heterocycles.